The average Bonchev–Trinajstić information content (AvgIpc) is 3.15. The lowest BCUT2D eigenvalue weighted by Crippen LogP contribution is -2.23. The fraction of sp³-hybridized carbons (Fsp3) is 0.368. The molecule has 1 unspecified atom stereocenters. The number of fused-ring (bicyclic) bond motifs is 1. The number of hydrogen-bond donors (Lipinski definition) is 1. The average molecular weight is 488 g/mol. The van der Waals surface area contributed by atoms with Gasteiger partial charge in [-0.1, -0.05) is 0 Å². The number of rotatable bonds is 9. The van der Waals surface area contributed by atoms with E-state index in [1.54, 1.807) is 11.9 Å². The van der Waals surface area contributed by atoms with Gasteiger partial charge in [0.15, 0.2) is 0 Å². The molecule has 0 saturated heterocycles. The number of methoxy groups -OCH3 is 1. The highest BCUT2D eigenvalue weighted by Crippen LogP contribution is 2.46. The number of nitrogens with zero attached hydrogens (tertiary/aromatic N) is 5. The van der Waals surface area contributed by atoms with Crippen molar-refractivity contribution in [3.05, 3.63) is 24.0 Å². The lowest BCUT2D eigenvalue weighted by Gasteiger charge is -2.15. The lowest BCUT2D eigenvalue weighted by molar-refractivity contribution is -0.136. The number of halogens is 3. The summed E-state index contributed by atoms with van der Waals surface area (Å²) in [6.45, 7) is 3.76. The van der Waals surface area contributed by atoms with Crippen LogP contribution in [-0.2, 0) is 21.7 Å². The second-order valence-corrected chi connectivity index (χ2v) is 9.35. The molecule has 0 aliphatic carbocycles. The predicted molar refractivity (Wildman–Crippen MR) is 118 cm³/mol. The molecule has 13 heteroatoms. The molecular formula is C19H20F3N5O3S2. The van der Waals surface area contributed by atoms with Crippen molar-refractivity contribution < 1.29 is 27.2 Å². The summed E-state index contributed by atoms with van der Waals surface area (Å²) in [4.78, 5) is 18.0. The summed E-state index contributed by atoms with van der Waals surface area (Å²) in [6, 6.07) is 0.904. The lowest BCUT2D eigenvalue weighted by atomic mass is 10.1. The molecule has 3 rings (SSSR count). The number of thiophene rings is 1. The van der Waals surface area contributed by atoms with Gasteiger partial charge in [-0.25, -0.2) is 15.0 Å². The normalized spacial score (nSPS) is 12.8. The molecule has 0 aliphatic rings. The minimum atomic E-state index is -4.70. The van der Waals surface area contributed by atoms with E-state index in [9.17, 15) is 17.4 Å². The smallest absolute Gasteiger partial charge is 0.395 e. The van der Waals surface area contributed by atoms with Crippen molar-refractivity contribution in [2.24, 2.45) is 4.99 Å². The quantitative estimate of drug-likeness (QED) is 0.462. The van der Waals surface area contributed by atoms with Gasteiger partial charge < -0.3 is 14.7 Å². The molecule has 0 aliphatic heterocycles. The summed E-state index contributed by atoms with van der Waals surface area (Å²) in [7, 11) is 1.50. The predicted octanol–water partition coefficient (Wildman–Crippen LogP) is 3.29. The highest BCUT2D eigenvalue weighted by atomic mass is 32.2. The Kier molecular flexibility index (Phi) is 7.54. The fourth-order valence-corrected chi connectivity index (χ4v) is 5.52. The topological polar surface area (TPSA) is 101 Å². The maximum absolute atomic E-state index is 14.0. The number of likely N-dealkylation sites (N-methyl/N-ethyl adjacent to an activating group) is 1. The van der Waals surface area contributed by atoms with Gasteiger partial charge in [-0.15, -0.1) is 11.3 Å². The van der Waals surface area contributed by atoms with E-state index < -0.39 is 22.5 Å². The fourth-order valence-electron chi connectivity index (χ4n) is 2.88. The van der Waals surface area contributed by atoms with E-state index in [4.69, 9.17) is 9.84 Å². The van der Waals surface area contributed by atoms with Gasteiger partial charge in [-0.05, 0) is 12.8 Å². The summed E-state index contributed by atoms with van der Waals surface area (Å²) in [6.07, 6.45) is -1.98. The van der Waals surface area contributed by atoms with Crippen LogP contribution >= 0.6 is 11.3 Å². The van der Waals surface area contributed by atoms with Crippen molar-refractivity contribution in [2.45, 2.75) is 10.4 Å². The number of aromatic nitrogens is 3. The van der Waals surface area contributed by atoms with Crippen LogP contribution in [0.4, 0.5) is 24.8 Å². The summed E-state index contributed by atoms with van der Waals surface area (Å²) in [5.74, 6) is 0.418. The Bertz CT molecular complexity index is 1140. The molecular weight excluding hydrogens is 467 g/mol. The van der Waals surface area contributed by atoms with Crippen LogP contribution in [-0.4, -0.2) is 70.7 Å². The molecule has 1 N–H and O–H groups in total. The molecule has 3 aromatic heterocycles. The van der Waals surface area contributed by atoms with Crippen LogP contribution in [0.1, 0.15) is 5.56 Å². The first kappa shape index (κ1) is 24.2. The van der Waals surface area contributed by atoms with Crippen LogP contribution < -0.4 is 4.90 Å². The third-order valence-corrected chi connectivity index (χ3v) is 7.28. The van der Waals surface area contributed by atoms with Crippen molar-refractivity contribution in [2.75, 3.05) is 44.6 Å². The highest BCUT2D eigenvalue weighted by Gasteiger charge is 2.36. The standard InChI is InChI=1S/C19H20F3N5O3S2/c1-23-15-14-12(19(20,21)22)8-13(11-9-24-18(25-10-11)27(2)4-5-28)26-16(14)31-17(15)32(29)7-6-30-3/h8-10,28H,1,4-7H2,2-3H3. The molecule has 0 spiro atoms. The Morgan fingerprint density at radius 2 is 2.03 bits per heavy atom. The van der Waals surface area contributed by atoms with Gasteiger partial charge in [0.1, 0.15) is 9.04 Å². The van der Waals surface area contributed by atoms with Crippen LogP contribution in [0, 0.1) is 0 Å². The highest BCUT2D eigenvalue weighted by molar-refractivity contribution is 7.87. The Hall–Kier alpha value is -2.48. The van der Waals surface area contributed by atoms with Crippen molar-refractivity contribution in [3.63, 3.8) is 0 Å². The molecule has 0 saturated carbocycles. The summed E-state index contributed by atoms with van der Waals surface area (Å²) >= 11 is 0.883. The zero-order valence-corrected chi connectivity index (χ0v) is 18.9. The number of pyridine rings is 1. The molecule has 0 bridgehead atoms. The number of aliphatic hydroxyl groups is 1. The van der Waals surface area contributed by atoms with E-state index in [1.165, 1.54) is 19.5 Å². The Balaban J connectivity index is 2.15. The van der Waals surface area contributed by atoms with Crippen molar-refractivity contribution >= 4 is 50.7 Å². The first-order valence-corrected chi connectivity index (χ1v) is 11.4. The van der Waals surface area contributed by atoms with Gasteiger partial charge in [-0.3, -0.25) is 9.20 Å². The molecule has 0 aromatic carbocycles. The summed E-state index contributed by atoms with van der Waals surface area (Å²) in [5, 5.41) is 8.78. The molecule has 0 fully saturated rings. The molecule has 8 nitrogen and oxygen atoms in total. The molecule has 3 aromatic rings. The summed E-state index contributed by atoms with van der Waals surface area (Å²) in [5.41, 5.74) is -0.731. The molecule has 0 radical (unpaired) electrons. The Labute approximate surface area is 188 Å². The molecule has 0 amide bonds. The second-order valence-electron chi connectivity index (χ2n) is 6.59. The van der Waals surface area contributed by atoms with Crippen LogP contribution in [0.5, 0.6) is 0 Å². The van der Waals surface area contributed by atoms with E-state index in [1.807, 2.05) is 0 Å². The van der Waals surface area contributed by atoms with E-state index in [-0.39, 0.29) is 50.3 Å². The largest absolute Gasteiger partial charge is 0.417 e. The molecule has 172 valence electrons. The number of alkyl halides is 3. The third-order valence-electron chi connectivity index (χ3n) is 4.46. The minimum Gasteiger partial charge on any atom is -0.395 e. The Morgan fingerprint density at radius 3 is 2.59 bits per heavy atom. The van der Waals surface area contributed by atoms with Crippen LogP contribution in [0.3, 0.4) is 0 Å². The second kappa shape index (κ2) is 9.98. The first-order valence-electron chi connectivity index (χ1n) is 9.24. The monoisotopic (exact) mass is 487 g/mol. The van der Waals surface area contributed by atoms with Crippen molar-refractivity contribution in [3.8, 4) is 11.3 Å². The van der Waals surface area contributed by atoms with Gasteiger partial charge in [0.2, 0.25) is 5.95 Å². The number of anilines is 1. The number of hydrogen-bond acceptors (Lipinski definition) is 9. The maximum Gasteiger partial charge on any atom is 0.417 e. The number of ether oxygens (including phenoxy) is 1. The molecule has 3 heterocycles. The van der Waals surface area contributed by atoms with Crippen LogP contribution in [0.2, 0.25) is 0 Å². The van der Waals surface area contributed by atoms with Crippen molar-refractivity contribution in [1.29, 1.82) is 0 Å². The number of aliphatic imine (C=N–C) groups is 1. The zero-order valence-electron chi connectivity index (χ0n) is 17.2. The zero-order chi connectivity index (χ0) is 23.5. The van der Waals surface area contributed by atoms with Gasteiger partial charge >= 0.3 is 6.18 Å². The van der Waals surface area contributed by atoms with E-state index in [0.29, 0.717) is 12.5 Å². The first-order chi connectivity index (χ1) is 15.2. The van der Waals surface area contributed by atoms with Crippen LogP contribution in [0.15, 0.2) is 27.7 Å². The van der Waals surface area contributed by atoms with Gasteiger partial charge in [0, 0.05) is 38.7 Å². The molecule has 1 atom stereocenters. The van der Waals surface area contributed by atoms with E-state index in [0.717, 1.165) is 17.4 Å². The van der Waals surface area contributed by atoms with Crippen LogP contribution in [0.25, 0.3) is 21.5 Å². The van der Waals surface area contributed by atoms with E-state index in [2.05, 4.69) is 26.7 Å². The SMILES string of the molecule is C=Nc1c(S(=O)CCOC)sc2nc(-c3cnc(N(C)CCO)nc3)cc(C(F)(F)F)c12. The van der Waals surface area contributed by atoms with Gasteiger partial charge in [0.05, 0.1) is 52.1 Å². The molecule has 32 heavy (non-hydrogen) atoms. The minimum absolute atomic E-state index is 0.0206. The van der Waals surface area contributed by atoms with Gasteiger partial charge in [-0.2, -0.15) is 13.2 Å². The summed E-state index contributed by atoms with van der Waals surface area (Å²) < 4.78 is 59.6. The van der Waals surface area contributed by atoms with Gasteiger partial charge in [0.25, 0.3) is 0 Å². The third kappa shape index (κ3) is 4.95. The Morgan fingerprint density at radius 1 is 1.34 bits per heavy atom. The maximum atomic E-state index is 14.0. The number of aliphatic hydroxyl groups excluding tert-OH is 1. The van der Waals surface area contributed by atoms with Crippen molar-refractivity contribution in [1.82, 2.24) is 15.0 Å². The van der Waals surface area contributed by atoms with E-state index >= 15 is 0 Å².